The summed E-state index contributed by atoms with van der Waals surface area (Å²) < 4.78 is 10.3. The first-order chi connectivity index (χ1) is 10.7. The molecule has 2 rings (SSSR count). The monoisotopic (exact) mass is 312 g/mol. The maximum absolute atomic E-state index is 12.5. The van der Waals surface area contributed by atoms with Gasteiger partial charge in [0.25, 0.3) is 0 Å². The maximum Gasteiger partial charge on any atom is 0.248 e. The van der Waals surface area contributed by atoms with Crippen LogP contribution in [0.3, 0.4) is 0 Å². The Morgan fingerprint density at radius 2 is 2.09 bits per heavy atom. The molecule has 1 saturated heterocycles. The van der Waals surface area contributed by atoms with E-state index in [-0.39, 0.29) is 30.4 Å². The van der Waals surface area contributed by atoms with Gasteiger partial charge in [-0.15, -0.1) is 0 Å². The van der Waals surface area contributed by atoms with Crippen LogP contribution in [0.25, 0.3) is 0 Å². The summed E-state index contributed by atoms with van der Waals surface area (Å²) in [4.78, 5) is 26.7. The normalized spacial score (nSPS) is 26.4. The molecule has 0 unspecified atom stereocenters. The summed E-state index contributed by atoms with van der Waals surface area (Å²) in [6, 6.07) is 0.0385. The van der Waals surface area contributed by atoms with Crippen LogP contribution in [-0.2, 0) is 19.1 Å². The van der Waals surface area contributed by atoms with Gasteiger partial charge in [0.1, 0.15) is 6.61 Å². The van der Waals surface area contributed by atoms with Crippen molar-refractivity contribution < 1.29 is 19.1 Å². The lowest BCUT2D eigenvalue weighted by Crippen LogP contribution is -2.49. The van der Waals surface area contributed by atoms with E-state index in [9.17, 15) is 9.59 Å². The molecular weight excluding hydrogens is 284 g/mol. The van der Waals surface area contributed by atoms with Crippen LogP contribution >= 0.6 is 0 Å². The van der Waals surface area contributed by atoms with Crippen molar-refractivity contribution in [3.05, 3.63) is 0 Å². The van der Waals surface area contributed by atoms with Crippen LogP contribution in [0.1, 0.15) is 38.5 Å². The topological polar surface area (TPSA) is 67.9 Å². The first-order valence-electron chi connectivity index (χ1n) is 8.38. The zero-order valence-electron chi connectivity index (χ0n) is 13.5. The van der Waals surface area contributed by atoms with E-state index >= 15 is 0 Å². The molecule has 22 heavy (non-hydrogen) atoms. The van der Waals surface area contributed by atoms with E-state index in [1.165, 1.54) is 0 Å². The number of nitrogens with zero attached hydrogens (tertiary/aromatic N) is 1. The van der Waals surface area contributed by atoms with Gasteiger partial charge < -0.3 is 19.7 Å². The number of methoxy groups -OCH3 is 1. The van der Waals surface area contributed by atoms with Gasteiger partial charge in [-0.2, -0.15) is 0 Å². The van der Waals surface area contributed by atoms with Crippen LogP contribution in [0.2, 0.25) is 0 Å². The smallest absolute Gasteiger partial charge is 0.248 e. The Morgan fingerprint density at radius 1 is 1.23 bits per heavy atom. The van der Waals surface area contributed by atoms with Gasteiger partial charge in [0, 0.05) is 26.2 Å². The first-order valence-corrected chi connectivity index (χ1v) is 8.38. The average molecular weight is 312 g/mol. The highest BCUT2D eigenvalue weighted by Gasteiger charge is 2.38. The average Bonchev–Trinajstić information content (AvgIpc) is 2.99. The molecule has 0 aromatic carbocycles. The quantitative estimate of drug-likeness (QED) is 0.768. The molecule has 2 amide bonds. The lowest BCUT2D eigenvalue weighted by Gasteiger charge is -2.33. The lowest BCUT2D eigenvalue weighted by molar-refractivity contribution is -0.141. The molecule has 126 valence electrons. The van der Waals surface area contributed by atoms with E-state index in [1.54, 1.807) is 7.11 Å². The van der Waals surface area contributed by atoms with Gasteiger partial charge in [-0.05, 0) is 32.1 Å². The van der Waals surface area contributed by atoms with Crippen molar-refractivity contribution in [2.75, 3.05) is 40.0 Å². The summed E-state index contributed by atoms with van der Waals surface area (Å²) in [5.41, 5.74) is 0. The Balaban J connectivity index is 1.97. The van der Waals surface area contributed by atoms with Gasteiger partial charge >= 0.3 is 0 Å². The molecule has 6 heteroatoms. The minimum absolute atomic E-state index is 0.00127. The molecule has 1 N–H and O–H groups in total. The third kappa shape index (κ3) is 4.68. The fourth-order valence-corrected chi connectivity index (χ4v) is 3.41. The van der Waals surface area contributed by atoms with Gasteiger partial charge in [0.2, 0.25) is 11.8 Å². The fourth-order valence-electron chi connectivity index (χ4n) is 3.41. The van der Waals surface area contributed by atoms with E-state index in [0.29, 0.717) is 13.2 Å². The van der Waals surface area contributed by atoms with Crippen LogP contribution in [0.15, 0.2) is 0 Å². The Bertz CT molecular complexity index is 375. The molecule has 1 aliphatic carbocycles. The van der Waals surface area contributed by atoms with Crippen molar-refractivity contribution in [2.45, 2.75) is 44.6 Å². The first kappa shape index (κ1) is 17.2. The molecule has 6 nitrogen and oxygen atoms in total. The number of hydrogen-bond donors (Lipinski definition) is 1. The number of rotatable bonds is 5. The molecule has 2 aliphatic rings. The van der Waals surface area contributed by atoms with Gasteiger partial charge in [-0.25, -0.2) is 0 Å². The highest BCUT2D eigenvalue weighted by atomic mass is 16.5. The minimum atomic E-state index is -0.0546. The van der Waals surface area contributed by atoms with E-state index in [1.807, 2.05) is 4.90 Å². The van der Waals surface area contributed by atoms with Crippen molar-refractivity contribution in [1.82, 2.24) is 10.2 Å². The van der Waals surface area contributed by atoms with E-state index in [2.05, 4.69) is 5.32 Å². The Labute approximate surface area is 132 Å². The van der Waals surface area contributed by atoms with Crippen LogP contribution < -0.4 is 5.32 Å². The Kier molecular flexibility index (Phi) is 7.12. The number of hydrogen-bond acceptors (Lipinski definition) is 4. The summed E-state index contributed by atoms with van der Waals surface area (Å²) in [5, 5.41) is 3.02. The summed E-state index contributed by atoms with van der Waals surface area (Å²) in [6.45, 7) is 2.48. The Morgan fingerprint density at radius 3 is 2.91 bits per heavy atom. The molecule has 0 aromatic rings. The molecule has 0 aromatic heterocycles. The zero-order valence-corrected chi connectivity index (χ0v) is 13.5. The number of fused-ring (bicyclic) bond motifs is 1. The van der Waals surface area contributed by atoms with E-state index in [0.717, 1.165) is 51.6 Å². The van der Waals surface area contributed by atoms with Crippen LogP contribution in [0.4, 0.5) is 0 Å². The molecule has 0 radical (unpaired) electrons. The summed E-state index contributed by atoms with van der Waals surface area (Å²) in [6.07, 6.45) is 5.81. The van der Waals surface area contributed by atoms with Crippen LogP contribution in [-0.4, -0.2) is 62.8 Å². The van der Waals surface area contributed by atoms with Gasteiger partial charge in [-0.1, -0.05) is 6.42 Å². The van der Waals surface area contributed by atoms with Crippen molar-refractivity contribution >= 4 is 11.8 Å². The predicted molar refractivity (Wildman–Crippen MR) is 82.4 cm³/mol. The molecule has 0 spiro atoms. The SMILES string of the molecule is COCCOCC(=O)N1CCCCCNC(=O)[C@@H]2CCC[C@@H]21. The minimum Gasteiger partial charge on any atom is -0.382 e. The zero-order chi connectivity index (χ0) is 15.8. The molecular formula is C16H28N2O4. The molecule has 2 fully saturated rings. The second kappa shape index (κ2) is 9.10. The van der Waals surface area contributed by atoms with Gasteiger partial charge in [-0.3, -0.25) is 9.59 Å². The number of carbonyl (C=O) groups excluding carboxylic acids is 2. The van der Waals surface area contributed by atoms with Gasteiger partial charge in [0.15, 0.2) is 0 Å². The number of ether oxygens (including phenoxy) is 2. The van der Waals surface area contributed by atoms with Crippen molar-refractivity contribution in [1.29, 1.82) is 0 Å². The molecule has 2 atom stereocenters. The second-order valence-electron chi connectivity index (χ2n) is 6.09. The molecule has 1 saturated carbocycles. The highest BCUT2D eigenvalue weighted by molar-refractivity contribution is 5.82. The van der Waals surface area contributed by atoms with E-state index in [4.69, 9.17) is 9.47 Å². The van der Waals surface area contributed by atoms with E-state index < -0.39 is 0 Å². The number of amides is 2. The summed E-state index contributed by atoms with van der Waals surface area (Å²) in [5.74, 6) is 0.0601. The molecule has 0 bridgehead atoms. The summed E-state index contributed by atoms with van der Waals surface area (Å²) >= 11 is 0. The van der Waals surface area contributed by atoms with Crippen molar-refractivity contribution in [3.63, 3.8) is 0 Å². The predicted octanol–water partition coefficient (Wildman–Crippen LogP) is 0.947. The van der Waals surface area contributed by atoms with Crippen LogP contribution in [0.5, 0.6) is 0 Å². The van der Waals surface area contributed by atoms with Crippen LogP contribution in [0, 0.1) is 5.92 Å². The Hall–Kier alpha value is -1.14. The fraction of sp³-hybridized carbons (Fsp3) is 0.875. The second-order valence-corrected chi connectivity index (χ2v) is 6.09. The number of nitrogens with one attached hydrogen (secondary N) is 1. The largest absolute Gasteiger partial charge is 0.382 e. The summed E-state index contributed by atoms with van der Waals surface area (Å²) in [7, 11) is 1.61. The third-order valence-corrected chi connectivity index (χ3v) is 4.57. The van der Waals surface area contributed by atoms with Crippen molar-refractivity contribution in [3.8, 4) is 0 Å². The molecule has 1 heterocycles. The number of carbonyl (C=O) groups is 2. The van der Waals surface area contributed by atoms with Gasteiger partial charge in [0.05, 0.1) is 19.1 Å². The lowest BCUT2D eigenvalue weighted by atomic mass is 9.99. The molecule has 1 aliphatic heterocycles. The standard InChI is InChI=1S/C16H28N2O4/c1-21-10-11-22-12-15(19)18-9-4-2-3-8-17-16(20)13-6-5-7-14(13)18/h13-14H,2-12H2,1H3,(H,17,20)/t13-,14+/m1/s1. The highest BCUT2D eigenvalue weighted by Crippen LogP contribution is 2.31. The maximum atomic E-state index is 12.5. The van der Waals surface area contributed by atoms with Crippen molar-refractivity contribution in [2.24, 2.45) is 5.92 Å². The third-order valence-electron chi connectivity index (χ3n) is 4.57.